The molecule has 1 atom stereocenters. The van der Waals surface area contributed by atoms with Gasteiger partial charge < -0.3 is 5.32 Å². The van der Waals surface area contributed by atoms with E-state index in [1.165, 1.54) is 0 Å². The summed E-state index contributed by atoms with van der Waals surface area (Å²) in [7, 11) is -3.78. The van der Waals surface area contributed by atoms with E-state index in [9.17, 15) is 17.2 Å². The predicted molar refractivity (Wildman–Crippen MR) is 67.2 cm³/mol. The van der Waals surface area contributed by atoms with Crippen molar-refractivity contribution in [2.75, 3.05) is 13.1 Å². The van der Waals surface area contributed by atoms with Crippen LogP contribution in [0.2, 0.25) is 0 Å². The molecule has 1 heterocycles. The molecule has 2 rings (SSSR count). The fourth-order valence-electron chi connectivity index (χ4n) is 2.10. The lowest BCUT2D eigenvalue weighted by atomic mass is 10.2. The molecule has 0 bridgehead atoms. The van der Waals surface area contributed by atoms with Gasteiger partial charge in [0, 0.05) is 12.6 Å². The lowest BCUT2D eigenvalue weighted by molar-refractivity contribution is 0.503. The zero-order valence-electron chi connectivity index (χ0n) is 10.3. The zero-order valence-corrected chi connectivity index (χ0v) is 11.1. The van der Waals surface area contributed by atoms with Crippen LogP contribution in [0, 0.1) is 11.6 Å². The van der Waals surface area contributed by atoms with Gasteiger partial charge in [-0.1, -0.05) is 0 Å². The molecule has 7 heteroatoms. The third-order valence-electron chi connectivity index (χ3n) is 3.15. The van der Waals surface area contributed by atoms with Crippen molar-refractivity contribution in [3.05, 3.63) is 29.8 Å². The zero-order chi connectivity index (χ0) is 13.9. The number of benzene rings is 1. The number of hydrogen-bond acceptors (Lipinski definition) is 3. The van der Waals surface area contributed by atoms with E-state index < -0.39 is 21.7 Å². The maximum Gasteiger partial charge on any atom is 0.240 e. The fourth-order valence-corrected chi connectivity index (χ4v) is 3.16. The van der Waals surface area contributed by atoms with Crippen molar-refractivity contribution in [2.45, 2.75) is 30.2 Å². The van der Waals surface area contributed by atoms with E-state index in [-0.39, 0.29) is 11.4 Å². The molecule has 2 N–H and O–H groups in total. The van der Waals surface area contributed by atoms with Crippen LogP contribution in [-0.4, -0.2) is 27.5 Å². The van der Waals surface area contributed by atoms with Crippen molar-refractivity contribution in [1.82, 2.24) is 10.0 Å². The molecule has 1 aromatic carbocycles. The van der Waals surface area contributed by atoms with Gasteiger partial charge in [-0.05, 0) is 44.0 Å². The number of hydrogen-bond donors (Lipinski definition) is 2. The Bertz CT molecular complexity index is 543. The second-order valence-corrected chi connectivity index (χ2v) is 6.32. The van der Waals surface area contributed by atoms with Crippen LogP contribution in [0.1, 0.15) is 19.3 Å². The van der Waals surface area contributed by atoms with Gasteiger partial charge in [0.25, 0.3) is 0 Å². The molecule has 1 aromatic rings. The normalized spacial score (nSPS) is 19.8. The molecule has 0 amide bonds. The third-order valence-corrected chi connectivity index (χ3v) is 4.61. The molecule has 0 aliphatic carbocycles. The van der Waals surface area contributed by atoms with E-state index >= 15 is 0 Å². The highest BCUT2D eigenvalue weighted by molar-refractivity contribution is 7.89. The van der Waals surface area contributed by atoms with Crippen molar-refractivity contribution in [1.29, 1.82) is 0 Å². The van der Waals surface area contributed by atoms with Crippen LogP contribution in [0.5, 0.6) is 0 Å². The summed E-state index contributed by atoms with van der Waals surface area (Å²) < 4.78 is 51.8. The third kappa shape index (κ3) is 3.71. The Hall–Kier alpha value is -1.05. The first-order chi connectivity index (χ1) is 8.99. The first-order valence-electron chi connectivity index (χ1n) is 6.17. The van der Waals surface area contributed by atoms with Crippen molar-refractivity contribution < 1.29 is 17.2 Å². The molecule has 1 aliphatic heterocycles. The van der Waals surface area contributed by atoms with E-state index in [4.69, 9.17) is 0 Å². The largest absolute Gasteiger partial charge is 0.314 e. The molecule has 0 aromatic heterocycles. The quantitative estimate of drug-likeness (QED) is 0.861. The molecule has 106 valence electrons. The lowest BCUT2D eigenvalue weighted by Gasteiger charge is -2.11. The van der Waals surface area contributed by atoms with Crippen molar-refractivity contribution >= 4 is 10.0 Å². The van der Waals surface area contributed by atoms with Crippen molar-refractivity contribution in [3.8, 4) is 0 Å². The number of nitrogens with one attached hydrogen (secondary N) is 2. The van der Waals surface area contributed by atoms with Gasteiger partial charge in [-0.25, -0.2) is 21.9 Å². The molecule has 19 heavy (non-hydrogen) atoms. The van der Waals surface area contributed by atoms with Crippen molar-refractivity contribution in [2.24, 2.45) is 0 Å². The van der Waals surface area contributed by atoms with Gasteiger partial charge in [-0.3, -0.25) is 0 Å². The van der Waals surface area contributed by atoms with Gasteiger partial charge in [0.05, 0.1) is 4.90 Å². The summed E-state index contributed by atoms with van der Waals surface area (Å²) in [4.78, 5) is -0.259. The van der Waals surface area contributed by atoms with Gasteiger partial charge in [0.1, 0.15) is 0 Å². The smallest absolute Gasteiger partial charge is 0.240 e. The Morgan fingerprint density at radius 1 is 1.32 bits per heavy atom. The lowest BCUT2D eigenvalue weighted by Crippen LogP contribution is -2.30. The second kappa shape index (κ2) is 5.94. The van der Waals surface area contributed by atoms with Gasteiger partial charge in [0.2, 0.25) is 10.0 Å². The topological polar surface area (TPSA) is 58.2 Å². The monoisotopic (exact) mass is 290 g/mol. The molecule has 1 unspecified atom stereocenters. The molecular weight excluding hydrogens is 274 g/mol. The Morgan fingerprint density at radius 2 is 2.11 bits per heavy atom. The average Bonchev–Trinajstić information content (AvgIpc) is 2.85. The minimum atomic E-state index is -3.78. The number of rotatable bonds is 5. The summed E-state index contributed by atoms with van der Waals surface area (Å²) in [5.41, 5.74) is 0. The molecule has 1 aliphatic rings. The molecule has 0 spiro atoms. The van der Waals surface area contributed by atoms with Crippen LogP contribution in [-0.2, 0) is 10.0 Å². The van der Waals surface area contributed by atoms with Crippen LogP contribution in [0.25, 0.3) is 0 Å². The maximum absolute atomic E-state index is 13.0. The second-order valence-electron chi connectivity index (χ2n) is 4.56. The molecule has 4 nitrogen and oxygen atoms in total. The molecule has 1 saturated heterocycles. The highest BCUT2D eigenvalue weighted by Crippen LogP contribution is 2.14. The fraction of sp³-hybridized carbons (Fsp3) is 0.500. The predicted octanol–water partition coefficient (Wildman–Crippen LogP) is 1.39. The minimum Gasteiger partial charge on any atom is -0.314 e. The summed E-state index contributed by atoms with van der Waals surface area (Å²) in [6.07, 6.45) is 2.82. The minimum absolute atomic E-state index is 0.259. The summed E-state index contributed by atoms with van der Waals surface area (Å²) in [6.45, 7) is 1.24. The van der Waals surface area contributed by atoms with E-state index in [0.717, 1.165) is 31.5 Å². The van der Waals surface area contributed by atoms with Crippen LogP contribution >= 0.6 is 0 Å². The van der Waals surface area contributed by atoms with Gasteiger partial charge in [-0.15, -0.1) is 0 Å². The first kappa shape index (κ1) is 14.4. The van der Waals surface area contributed by atoms with Gasteiger partial charge in [0.15, 0.2) is 11.6 Å². The standard InChI is InChI=1S/C12H16F2N2O2S/c13-11-4-3-10(8-12(11)14)19(17,18)16-7-5-9-2-1-6-15-9/h3-4,8-9,15-16H,1-2,5-7H2. The maximum atomic E-state index is 13.0. The number of halogens is 2. The van der Waals surface area contributed by atoms with Gasteiger partial charge >= 0.3 is 0 Å². The van der Waals surface area contributed by atoms with Crippen LogP contribution in [0.3, 0.4) is 0 Å². The van der Waals surface area contributed by atoms with Crippen LogP contribution in [0.15, 0.2) is 23.1 Å². The van der Waals surface area contributed by atoms with E-state index in [1.807, 2.05) is 0 Å². The van der Waals surface area contributed by atoms with Crippen LogP contribution in [0.4, 0.5) is 8.78 Å². The van der Waals surface area contributed by atoms with Crippen LogP contribution < -0.4 is 10.0 Å². The Morgan fingerprint density at radius 3 is 2.74 bits per heavy atom. The Balaban J connectivity index is 1.95. The molecular formula is C12H16F2N2O2S. The van der Waals surface area contributed by atoms with Gasteiger partial charge in [-0.2, -0.15) is 0 Å². The molecule has 0 saturated carbocycles. The highest BCUT2D eigenvalue weighted by atomic mass is 32.2. The highest BCUT2D eigenvalue weighted by Gasteiger charge is 2.18. The van der Waals surface area contributed by atoms with E-state index in [2.05, 4.69) is 10.0 Å². The van der Waals surface area contributed by atoms with E-state index in [0.29, 0.717) is 18.5 Å². The Kier molecular flexibility index (Phi) is 4.49. The van der Waals surface area contributed by atoms with E-state index in [1.54, 1.807) is 0 Å². The molecule has 1 fully saturated rings. The summed E-state index contributed by atoms with van der Waals surface area (Å²) in [5, 5.41) is 3.25. The SMILES string of the molecule is O=S(=O)(NCCC1CCCN1)c1ccc(F)c(F)c1. The first-order valence-corrected chi connectivity index (χ1v) is 7.65. The number of sulfonamides is 1. The summed E-state index contributed by atoms with van der Waals surface area (Å²) >= 11 is 0. The van der Waals surface area contributed by atoms with Crippen molar-refractivity contribution in [3.63, 3.8) is 0 Å². The Labute approximate surface area is 111 Å². The summed E-state index contributed by atoms with van der Waals surface area (Å²) in [6, 6.07) is 2.87. The average molecular weight is 290 g/mol. The molecule has 0 radical (unpaired) electrons. The summed E-state index contributed by atoms with van der Waals surface area (Å²) in [5.74, 6) is -2.23.